The van der Waals surface area contributed by atoms with E-state index in [0.717, 1.165) is 23.5 Å². The average Bonchev–Trinajstić information content (AvgIpc) is 3.76. The minimum atomic E-state index is -0.117. The topological polar surface area (TPSA) is 6.48 Å². The van der Waals surface area contributed by atoms with Crippen molar-refractivity contribution in [2.75, 3.05) is 9.80 Å². The van der Waals surface area contributed by atoms with E-state index in [2.05, 4.69) is 270 Å². The fraction of sp³-hybridized carbons (Fsp3) is 0.143. The van der Waals surface area contributed by atoms with E-state index in [9.17, 15) is 0 Å². The maximum atomic E-state index is 2.50. The molecule has 0 N–H and O–H groups in total. The lowest BCUT2D eigenvalue weighted by molar-refractivity contribution is 0.488. The van der Waals surface area contributed by atoms with Crippen LogP contribution in [-0.2, 0) is 5.41 Å². The molecular formula is C63H56N2S. The van der Waals surface area contributed by atoms with Gasteiger partial charge in [0.2, 0.25) is 0 Å². The van der Waals surface area contributed by atoms with Gasteiger partial charge < -0.3 is 9.80 Å². The van der Waals surface area contributed by atoms with Crippen molar-refractivity contribution >= 4 is 61.3 Å². The highest BCUT2D eigenvalue weighted by Gasteiger charge is 2.28. The Hall–Kier alpha value is -7.20. The maximum absolute atomic E-state index is 2.50. The molecule has 10 aromatic rings. The number of thiophene rings is 1. The van der Waals surface area contributed by atoms with E-state index in [-0.39, 0.29) is 11.0 Å². The van der Waals surface area contributed by atoms with E-state index < -0.39 is 0 Å². The second-order valence-electron chi connectivity index (χ2n) is 19.0. The second kappa shape index (κ2) is 17.6. The van der Waals surface area contributed by atoms with E-state index in [1.54, 1.807) is 0 Å². The summed E-state index contributed by atoms with van der Waals surface area (Å²) < 4.78 is 0. The minimum Gasteiger partial charge on any atom is -0.336 e. The SMILES string of the molecule is CCC(C)(C)N(c1ccc(N(c2ccc(-c3sc(-c4ccc(C(C)(C)C)cc4)c(-c4ccccc4)c3-c3ccccc3)cc2)c2ccc3ccccc3c2)cc1)c1ccc2ccccc2c1. The molecule has 0 spiro atoms. The van der Waals surface area contributed by atoms with Crippen LogP contribution >= 0.6 is 11.3 Å². The molecule has 324 valence electrons. The van der Waals surface area contributed by atoms with Crippen molar-refractivity contribution in [2.24, 2.45) is 0 Å². The van der Waals surface area contributed by atoms with Crippen LogP contribution in [0.5, 0.6) is 0 Å². The molecule has 0 unspecified atom stereocenters. The Bertz CT molecular complexity index is 3270. The first-order chi connectivity index (χ1) is 32.1. The quantitative estimate of drug-likeness (QED) is 0.128. The third-order valence-electron chi connectivity index (χ3n) is 13.3. The van der Waals surface area contributed by atoms with Crippen LogP contribution in [-0.4, -0.2) is 5.54 Å². The molecule has 3 heteroatoms. The van der Waals surface area contributed by atoms with Crippen LogP contribution in [0.3, 0.4) is 0 Å². The maximum Gasteiger partial charge on any atom is 0.0468 e. The Balaban J connectivity index is 1.10. The highest BCUT2D eigenvalue weighted by molar-refractivity contribution is 7.20. The number of hydrogen-bond acceptors (Lipinski definition) is 3. The largest absolute Gasteiger partial charge is 0.336 e. The standard InChI is InChI=1S/C63H56N2S/c1-7-63(5,6)65(57-37-29-45-19-15-17-25-51(45)43-57)55-40-38-54(39-41-55)64(56-36-28-44-18-14-16-24-50(44)42-56)53-34-30-49(31-35-53)61-59(47-22-12-9-13-23-47)58(46-20-10-8-11-21-46)60(66-61)48-26-32-52(33-27-48)62(2,3)4/h8-43H,7H2,1-6H3. The average molecular weight is 873 g/mol. The molecule has 66 heavy (non-hydrogen) atoms. The molecule has 0 radical (unpaired) electrons. The summed E-state index contributed by atoms with van der Waals surface area (Å²) in [6.07, 6.45) is 0.991. The summed E-state index contributed by atoms with van der Waals surface area (Å²) in [4.78, 5) is 7.44. The summed E-state index contributed by atoms with van der Waals surface area (Å²) in [7, 11) is 0. The molecule has 0 aliphatic carbocycles. The molecule has 1 heterocycles. The van der Waals surface area contributed by atoms with Gasteiger partial charge in [0.15, 0.2) is 0 Å². The van der Waals surface area contributed by atoms with Gasteiger partial charge >= 0.3 is 0 Å². The smallest absolute Gasteiger partial charge is 0.0468 e. The first-order valence-electron chi connectivity index (χ1n) is 23.2. The minimum absolute atomic E-state index is 0.0747. The molecule has 0 saturated heterocycles. The van der Waals surface area contributed by atoms with Crippen LogP contribution in [0, 0.1) is 0 Å². The highest BCUT2D eigenvalue weighted by atomic mass is 32.1. The molecule has 0 saturated carbocycles. The summed E-state index contributed by atoms with van der Waals surface area (Å²) in [6.45, 7) is 13.8. The Labute approximate surface area is 395 Å². The van der Waals surface area contributed by atoms with Gasteiger partial charge in [-0.05, 0) is 136 Å². The van der Waals surface area contributed by atoms with Crippen LogP contribution in [0.25, 0.3) is 64.7 Å². The monoisotopic (exact) mass is 872 g/mol. The molecule has 1 aromatic heterocycles. The number of hydrogen-bond donors (Lipinski definition) is 0. The molecule has 10 rings (SSSR count). The van der Waals surface area contributed by atoms with Crippen LogP contribution in [0.15, 0.2) is 218 Å². The highest BCUT2D eigenvalue weighted by Crippen LogP contribution is 2.52. The normalized spacial score (nSPS) is 11.8. The molecule has 2 nitrogen and oxygen atoms in total. The molecule has 0 aliphatic heterocycles. The Kier molecular flexibility index (Phi) is 11.4. The van der Waals surface area contributed by atoms with Gasteiger partial charge in [0, 0.05) is 54.9 Å². The third-order valence-corrected chi connectivity index (χ3v) is 14.5. The van der Waals surface area contributed by atoms with Crippen LogP contribution < -0.4 is 9.80 Å². The van der Waals surface area contributed by atoms with Gasteiger partial charge in [0.05, 0.1) is 0 Å². The number of benzene rings is 9. The number of nitrogens with zero attached hydrogens (tertiary/aromatic N) is 2. The zero-order valence-electron chi connectivity index (χ0n) is 38.8. The number of rotatable bonds is 11. The molecule has 0 amide bonds. The predicted octanol–water partition coefficient (Wildman–Crippen LogP) is 18.8. The van der Waals surface area contributed by atoms with E-state index in [1.807, 2.05) is 11.3 Å². The van der Waals surface area contributed by atoms with Crippen molar-refractivity contribution in [3.8, 4) is 43.1 Å². The van der Waals surface area contributed by atoms with Crippen molar-refractivity contribution in [1.82, 2.24) is 0 Å². The zero-order chi connectivity index (χ0) is 45.4. The van der Waals surface area contributed by atoms with Crippen LogP contribution in [0.2, 0.25) is 0 Å². The first kappa shape index (κ1) is 42.7. The van der Waals surface area contributed by atoms with Crippen LogP contribution in [0.1, 0.15) is 53.5 Å². The summed E-state index contributed by atoms with van der Waals surface area (Å²) >= 11 is 1.89. The predicted molar refractivity (Wildman–Crippen MR) is 287 cm³/mol. The van der Waals surface area contributed by atoms with Gasteiger partial charge in [0.25, 0.3) is 0 Å². The van der Waals surface area contributed by atoms with Gasteiger partial charge in [-0.3, -0.25) is 0 Å². The van der Waals surface area contributed by atoms with E-state index in [0.29, 0.717) is 0 Å². The summed E-state index contributed by atoms with van der Waals surface area (Å²) in [5.41, 5.74) is 14.4. The lowest BCUT2D eigenvalue weighted by Crippen LogP contribution is -2.40. The lowest BCUT2D eigenvalue weighted by atomic mass is 9.86. The summed E-state index contributed by atoms with van der Waals surface area (Å²) in [5.74, 6) is 0. The number of anilines is 5. The second-order valence-corrected chi connectivity index (χ2v) is 20.1. The Morgan fingerprint density at radius 1 is 0.364 bits per heavy atom. The van der Waals surface area contributed by atoms with Crippen molar-refractivity contribution in [1.29, 1.82) is 0 Å². The van der Waals surface area contributed by atoms with Gasteiger partial charge in [-0.25, -0.2) is 0 Å². The van der Waals surface area contributed by atoms with Crippen molar-refractivity contribution < 1.29 is 0 Å². The summed E-state index contributed by atoms with van der Waals surface area (Å²) in [5, 5.41) is 4.93. The van der Waals surface area contributed by atoms with Crippen molar-refractivity contribution in [3.63, 3.8) is 0 Å². The Morgan fingerprint density at radius 2 is 0.758 bits per heavy atom. The van der Waals surface area contributed by atoms with E-state index >= 15 is 0 Å². The molecule has 0 aliphatic rings. The van der Waals surface area contributed by atoms with Gasteiger partial charge in [-0.15, -0.1) is 11.3 Å². The van der Waals surface area contributed by atoms with E-state index in [4.69, 9.17) is 0 Å². The molecule has 9 aromatic carbocycles. The third kappa shape index (κ3) is 8.32. The molecule has 0 atom stereocenters. The van der Waals surface area contributed by atoms with Crippen LogP contribution in [0.4, 0.5) is 28.4 Å². The van der Waals surface area contributed by atoms with E-state index in [1.165, 1.54) is 81.6 Å². The Morgan fingerprint density at radius 3 is 1.24 bits per heavy atom. The van der Waals surface area contributed by atoms with Gasteiger partial charge in [0.1, 0.15) is 0 Å². The number of fused-ring (bicyclic) bond motifs is 2. The zero-order valence-corrected chi connectivity index (χ0v) is 39.6. The molecule has 0 bridgehead atoms. The fourth-order valence-electron chi connectivity index (χ4n) is 9.32. The van der Waals surface area contributed by atoms with Crippen molar-refractivity contribution in [2.45, 2.75) is 58.9 Å². The molecular weight excluding hydrogens is 817 g/mol. The first-order valence-corrected chi connectivity index (χ1v) is 24.0. The summed E-state index contributed by atoms with van der Waals surface area (Å²) in [6, 6.07) is 80.4. The molecule has 0 fully saturated rings. The van der Waals surface area contributed by atoms with Gasteiger partial charge in [-0.2, -0.15) is 0 Å². The van der Waals surface area contributed by atoms with Crippen molar-refractivity contribution in [3.05, 3.63) is 224 Å². The van der Waals surface area contributed by atoms with Gasteiger partial charge in [-0.1, -0.05) is 185 Å². The fourth-order valence-corrected chi connectivity index (χ4v) is 10.7. The lowest BCUT2D eigenvalue weighted by Gasteiger charge is -2.40.